The molecule has 0 spiro atoms. The topological polar surface area (TPSA) is 38.7 Å². The minimum Gasteiger partial charge on any atom is -0.507 e. The first-order valence-electron chi connectivity index (χ1n) is 10.5. The van der Waals surface area contributed by atoms with Gasteiger partial charge in [-0.25, -0.2) is 26.3 Å². The summed E-state index contributed by atoms with van der Waals surface area (Å²) in [6, 6.07) is 1.47. The molecule has 0 fully saturated rings. The van der Waals surface area contributed by atoms with Crippen LogP contribution in [0, 0.1) is 34.9 Å². The number of alkyl halides is 4. The standard InChI is InChI=1S/C24H16F10O3/c1-2-3-4-10-5-12(25)18(13(26)6-10)19-17(35)9-14(27)20(21(19)30)24(33,34)37-11-7-15(28)22(16(29)8-11)36-23(31)32/h5-9,23,35H,2-4H2,1H3. The van der Waals surface area contributed by atoms with Gasteiger partial charge >= 0.3 is 12.7 Å². The van der Waals surface area contributed by atoms with Crippen molar-refractivity contribution in [2.45, 2.75) is 38.9 Å². The van der Waals surface area contributed by atoms with Crippen LogP contribution in [0.3, 0.4) is 0 Å². The van der Waals surface area contributed by atoms with Gasteiger partial charge in [-0.3, -0.25) is 0 Å². The van der Waals surface area contributed by atoms with E-state index in [0.717, 1.165) is 12.1 Å². The van der Waals surface area contributed by atoms with E-state index < -0.39 is 81.6 Å². The normalized spacial score (nSPS) is 11.8. The average molecular weight is 542 g/mol. The van der Waals surface area contributed by atoms with Crippen molar-refractivity contribution < 1.29 is 58.5 Å². The van der Waals surface area contributed by atoms with E-state index in [9.17, 15) is 44.6 Å². The third-order valence-electron chi connectivity index (χ3n) is 5.08. The molecule has 0 bridgehead atoms. The number of hydrogen-bond acceptors (Lipinski definition) is 3. The van der Waals surface area contributed by atoms with Gasteiger partial charge < -0.3 is 14.6 Å². The molecule has 0 aliphatic carbocycles. The summed E-state index contributed by atoms with van der Waals surface area (Å²) in [6.45, 7) is -1.86. The lowest BCUT2D eigenvalue weighted by Gasteiger charge is -2.22. The summed E-state index contributed by atoms with van der Waals surface area (Å²) in [6.07, 6.45) is -3.65. The van der Waals surface area contributed by atoms with Crippen LogP contribution >= 0.6 is 0 Å². The third-order valence-corrected chi connectivity index (χ3v) is 5.08. The number of hydrogen-bond donors (Lipinski definition) is 1. The second-order valence-corrected chi connectivity index (χ2v) is 7.69. The second kappa shape index (κ2) is 10.8. The highest BCUT2D eigenvalue weighted by atomic mass is 19.3. The average Bonchev–Trinajstić information content (AvgIpc) is 2.75. The molecular weight excluding hydrogens is 526 g/mol. The van der Waals surface area contributed by atoms with Crippen molar-refractivity contribution in [3.63, 3.8) is 0 Å². The lowest BCUT2D eigenvalue weighted by atomic mass is 9.96. The Morgan fingerprint density at radius 2 is 1.38 bits per heavy atom. The maximum Gasteiger partial charge on any atom is 0.432 e. The highest BCUT2D eigenvalue weighted by molar-refractivity contribution is 5.73. The largest absolute Gasteiger partial charge is 0.507 e. The van der Waals surface area contributed by atoms with Crippen molar-refractivity contribution in [1.29, 1.82) is 0 Å². The Morgan fingerprint density at radius 3 is 1.89 bits per heavy atom. The molecule has 3 nitrogen and oxygen atoms in total. The summed E-state index contributed by atoms with van der Waals surface area (Å²) < 4.78 is 148. The predicted molar refractivity (Wildman–Crippen MR) is 109 cm³/mol. The van der Waals surface area contributed by atoms with Crippen LogP contribution in [-0.4, -0.2) is 11.7 Å². The van der Waals surface area contributed by atoms with Crippen molar-refractivity contribution in [3.05, 3.63) is 76.4 Å². The molecule has 0 saturated carbocycles. The van der Waals surface area contributed by atoms with E-state index in [2.05, 4.69) is 9.47 Å². The molecular formula is C24H16F10O3. The van der Waals surface area contributed by atoms with Crippen molar-refractivity contribution in [2.75, 3.05) is 0 Å². The highest BCUT2D eigenvalue weighted by Gasteiger charge is 2.43. The Hall–Kier alpha value is -3.64. The summed E-state index contributed by atoms with van der Waals surface area (Å²) in [5.74, 6) is -15.7. The van der Waals surface area contributed by atoms with Crippen LogP contribution in [0.15, 0.2) is 30.3 Å². The Balaban J connectivity index is 2.09. The second-order valence-electron chi connectivity index (χ2n) is 7.69. The van der Waals surface area contributed by atoms with Crippen LogP contribution in [0.4, 0.5) is 43.9 Å². The minimum absolute atomic E-state index is 0.0276. The zero-order valence-corrected chi connectivity index (χ0v) is 18.6. The fraction of sp³-hybridized carbons (Fsp3) is 0.250. The monoisotopic (exact) mass is 542 g/mol. The van der Waals surface area contributed by atoms with Crippen LogP contribution < -0.4 is 9.47 Å². The molecule has 0 aliphatic rings. The molecule has 3 aromatic carbocycles. The number of rotatable bonds is 9. The number of aryl methyl sites for hydroxylation is 1. The highest BCUT2D eigenvalue weighted by Crippen LogP contribution is 2.44. The van der Waals surface area contributed by atoms with Gasteiger partial charge in [-0.05, 0) is 30.5 Å². The van der Waals surface area contributed by atoms with Crippen molar-refractivity contribution >= 4 is 0 Å². The van der Waals surface area contributed by atoms with Crippen LogP contribution in [0.2, 0.25) is 0 Å². The predicted octanol–water partition coefficient (Wildman–Crippen LogP) is 7.97. The molecule has 3 rings (SSSR count). The van der Waals surface area contributed by atoms with Crippen molar-refractivity contribution in [2.24, 2.45) is 0 Å². The van der Waals surface area contributed by atoms with Crippen molar-refractivity contribution in [1.82, 2.24) is 0 Å². The summed E-state index contributed by atoms with van der Waals surface area (Å²) in [7, 11) is 0. The van der Waals surface area contributed by atoms with Gasteiger partial charge in [0.1, 0.15) is 34.5 Å². The fourth-order valence-corrected chi connectivity index (χ4v) is 3.50. The van der Waals surface area contributed by atoms with Gasteiger partial charge in [-0.15, -0.1) is 0 Å². The van der Waals surface area contributed by atoms with E-state index in [4.69, 9.17) is 0 Å². The molecule has 0 heterocycles. The van der Waals surface area contributed by atoms with Crippen molar-refractivity contribution in [3.8, 4) is 28.4 Å². The Morgan fingerprint density at radius 1 is 0.811 bits per heavy atom. The van der Waals surface area contributed by atoms with Gasteiger partial charge in [0.05, 0.1) is 11.1 Å². The van der Waals surface area contributed by atoms with Gasteiger partial charge in [0.25, 0.3) is 0 Å². The number of unbranched alkanes of at least 4 members (excludes halogenated alkanes) is 1. The van der Waals surface area contributed by atoms with E-state index in [1.165, 1.54) is 0 Å². The van der Waals surface area contributed by atoms with Gasteiger partial charge in [0.15, 0.2) is 23.2 Å². The van der Waals surface area contributed by atoms with Gasteiger partial charge in [0, 0.05) is 18.2 Å². The van der Waals surface area contributed by atoms with Crippen LogP contribution in [0.25, 0.3) is 11.1 Å². The molecule has 200 valence electrons. The lowest BCUT2D eigenvalue weighted by molar-refractivity contribution is -0.189. The zero-order valence-electron chi connectivity index (χ0n) is 18.6. The number of halogens is 10. The Labute approximate surface area is 202 Å². The van der Waals surface area contributed by atoms with Gasteiger partial charge in [0.2, 0.25) is 0 Å². The quantitative estimate of drug-likeness (QED) is 0.279. The first kappa shape index (κ1) is 27.9. The summed E-state index contributed by atoms with van der Waals surface area (Å²) in [5, 5.41) is 9.97. The summed E-state index contributed by atoms with van der Waals surface area (Å²) >= 11 is 0. The van der Waals surface area contributed by atoms with E-state index in [0.29, 0.717) is 12.8 Å². The molecule has 13 heteroatoms. The lowest BCUT2D eigenvalue weighted by Crippen LogP contribution is -2.26. The molecule has 37 heavy (non-hydrogen) atoms. The molecule has 0 radical (unpaired) electrons. The van der Waals surface area contributed by atoms with E-state index in [1.54, 1.807) is 0 Å². The number of ether oxygens (including phenoxy) is 2. The van der Waals surface area contributed by atoms with Crippen LogP contribution in [0.1, 0.15) is 30.9 Å². The molecule has 3 aromatic rings. The first-order valence-corrected chi connectivity index (χ1v) is 10.5. The number of benzene rings is 3. The summed E-state index contributed by atoms with van der Waals surface area (Å²) in [5.41, 5.74) is -4.85. The smallest absolute Gasteiger partial charge is 0.432 e. The number of aromatic hydroxyl groups is 1. The Bertz CT molecular complexity index is 1260. The molecule has 1 N–H and O–H groups in total. The van der Waals surface area contributed by atoms with Crippen LogP contribution in [-0.2, 0) is 12.5 Å². The van der Waals surface area contributed by atoms with Crippen LogP contribution in [0.5, 0.6) is 17.2 Å². The molecule has 0 aromatic heterocycles. The van der Waals surface area contributed by atoms with E-state index in [1.807, 2.05) is 6.92 Å². The molecule has 0 aliphatic heterocycles. The first-order chi connectivity index (χ1) is 17.3. The summed E-state index contributed by atoms with van der Waals surface area (Å²) in [4.78, 5) is 0. The zero-order chi connectivity index (χ0) is 27.7. The number of phenolic OH excluding ortho intramolecular Hbond substituents is 1. The van der Waals surface area contributed by atoms with Gasteiger partial charge in [-0.1, -0.05) is 13.3 Å². The van der Waals surface area contributed by atoms with Gasteiger partial charge in [-0.2, -0.15) is 17.6 Å². The van der Waals surface area contributed by atoms with E-state index >= 15 is 4.39 Å². The molecule has 0 saturated heterocycles. The molecule has 0 unspecified atom stereocenters. The maximum atomic E-state index is 15.2. The third kappa shape index (κ3) is 5.86. The molecule has 0 amide bonds. The van der Waals surface area contributed by atoms with E-state index in [-0.39, 0.29) is 30.2 Å². The maximum absolute atomic E-state index is 15.2. The minimum atomic E-state index is -5.09. The molecule has 0 atom stereocenters. The SMILES string of the molecule is CCCCc1cc(F)c(-c2c(O)cc(F)c(C(F)(F)Oc3cc(F)c(OC(F)F)c(F)c3)c2F)c(F)c1. The Kier molecular flexibility index (Phi) is 8.13. The number of phenols is 1. The fourth-order valence-electron chi connectivity index (χ4n) is 3.50.